The predicted octanol–water partition coefficient (Wildman–Crippen LogP) is 2.61. The van der Waals surface area contributed by atoms with E-state index in [0.717, 1.165) is 31.5 Å². The van der Waals surface area contributed by atoms with Crippen molar-refractivity contribution in [3.63, 3.8) is 0 Å². The van der Waals surface area contributed by atoms with Gasteiger partial charge in [0.1, 0.15) is 0 Å². The molecule has 0 aromatic heterocycles. The van der Waals surface area contributed by atoms with Crippen LogP contribution in [0.2, 0.25) is 0 Å². The molecule has 4 nitrogen and oxygen atoms in total. The van der Waals surface area contributed by atoms with Crippen LogP contribution in [-0.4, -0.2) is 35.8 Å². The Kier molecular flexibility index (Phi) is 4.19. The Bertz CT molecular complexity index is 584. The van der Waals surface area contributed by atoms with Crippen molar-refractivity contribution in [2.24, 2.45) is 5.92 Å². The maximum atomic E-state index is 12.9. The predicted molar refractivity (Wildman–Crippen MR) is 86.7 cm³/mol. The summed E-state index contributed by atoms with van der Waals surface area (Å²) in [4.78, 5) is 28.8. The van der Waals surface area contributed by atoms with Crippen LogP contribution in [0, 0.1) is 5.92 Å². The zero-order valence-electron chi connectivity index (χ0n) is 13.4. The molecule has 0 aliphatic carbocycles. The van der Waals surface area contributed by atoms with Gasteiger partial charge in [0.2, 0.25) is 11.8 Å². The van der Waals surface area contributed by atoms with E-state index in [0.29, 0.717) is 13.0 Å². The van der Waals surface area contributed by atoms with E-state index in [9.17, 15) is 9.59 Å². The lowest BCUT2D eigenvalue weighted by atomic mass is 10.1. The van der Waals surface area contributed by atoms with Gasteiger partial charge in [-0.05, 0) is 31.4 Å². The number of rotatable bonds is 4. The first-order valence-corrected chi connectivity index (χ1v) is 8.30. The number of anilines is 1. The first kappa shape index (κ1) is 15.1. The number of hydrogen-bond donors (Lipinski definition) is 0. The minimum absolute atomic E-state index is 0.116. The molecule has 1 fully saturated rings. The Labute approximate surface area is 132 Å². The first-order chi connectivity index (χ1) is 10.6. The van der Waals surface area contributed by atoms with Gasteiger partial charge in [0.05, 0.1) is 5.92 Å². The van der Waals surface area contributed by atoms with Crippen LogP contribution in [0.4, 0.5) is 5.69 Å². The van der Waals surface area contributed by atoms with E-state index in [1.54, 1.807) is 0 Å². The van der Waals surface area contributed by atoms with Gasteiger partial charge in [0.25, 0.3) is 0 Å². The number of fused-ring (bicyclic) bond motifs is 1. The van der Waals surface area contributed by atoms with Gasteiger partial charge in [-0.25, -0.2) is 0 Å². The molecule has 2 heterocycles. The molecule has 2 unspecified atom stereocenters. The molecule has 0 saturated carbocycles. The Morgan fingerprint density at radius 1 is 1.27 bits per heavy atom. The summed E-state index contributed by atoms with van der Waals surface area (Å²) in [6, 6.07) is 8.29. The fourth-order valence-corrected chi connectivity index (χ4v) is 3.60. The summed E-state index contributed by atoms with van der Waals surface area (Å²) >= 11 is 0. The first-order valence-electron chi connectivity index (χ1n) is 8.30. The minimum atomic E-state index is -0.182. The zero-order valence-corrected chi connectivity index (χ0v) is 13.4. The normalized spacial score (nSPS) is 24.0. The van der Waals surface area contributed by atoms with Gasteiger partial charge < -0.3 is 9.80 Å². The van der Waals surface area contributed by atoms with Crippen molar-refractivity contribution in [3.05, 3.63) is 29.8 Å². The summed E-state index contributed by atoms with van der Waals surface area (Å²) in [5, 5.41) is 0. The number of benzene rings is 1. The number of nitrogens with zero attached hydrogens (tertiary/aromatic N) is 2. The average molecular weight is 300 g/mol. The van der Waals surface area contributed by atoms with E-state index in [1.165, 1.54) is 5.56 Å². The molecule has 3 rings (SSSR count). The highest BCUT2D eigenvalue weighted by molar-refractivity contribution is 6.01. The summed E-state index contributed by atoms with van der Waals surface area (Å²) < 4.78 is 0. The van der Waals surface area contributed by atoms with Gasteiger partial charge in [-0.15, -0.1) is 0 Å². The Hall–Kier alpha value is -1.84. The number of hydrogen-bond acceptors (Lipinski definition) is 2. The maximum Gasteiger partial charge on any atom is 0.232 e. The molecular weight excluding hydrogens is 276 g/mol. The van der Waals surface area contributed by atoms with Crippen LogP contribution in [0.15, 0.2) is 24.3 Å². The lowest BCUT2D eigenvalue weighted by Gasteiger charge is -2.26. The highest BCUT2D eigenvalue weighted by atomic mass is 16.2. The molecule has 0 bridgehead atoms. The van der Waals surface area contributed by atoms with E-state index in [-0.39, 0.29) is 23.8 Å². The second-order valence-electron chi connectivity index (χ2n) is 6.48. The van der Waals surface area contributed by atoms with Crippen molar-refractivity contribution in [1.29, 1.82) is 0 Å². The molecule has 0 N–H and O–H groups in total. The van der Waals surface area contributed by atoms with Gasteiger partial charge >= 0.3 is 0 Å². The molecule has 1 aromatic carbocycles. The number of unbranched alkanes of at least 4 members (excludes halogenated alkanes) is 1. The van der Waals surface area contributed by atoms with Gasteiger partial charge in [0.15, 0.2) is 0 Å². The quantitative estimate of drug-likeness (QED) is 0.857. The monoisotopic (exact) mass is 300 g/mol. The summed E-state index contributed by atoms with van der Waals surface area (Å²) in [6.07, 6.45) is 3.35. The van der Waals surface area contributed by atoms with E-state index in [1.807, 2.05) is 28.0 Å². The maximum absolute atomic E-state index is 12.9. The summed E-state index contributed by atoms with van der Waals surface area (Å²) in [7, 11) is 0. The fourth-order valence-electron chi connectivity index (χ4n) is 3.60. The van der Waals surface area contributed by atoms with Gasteiger partial charge in [-0.2, -0.15) is 0 Å². The van der Waals surface area contributed by atoms with Crippen LogP contribution in [-0.2, 0) is 16.0 Å². The lowest BCUT2D eigenvalue weighted by Crippen LogP contribution is -2.41. The van der Waals surface area contributed by atoms with Crippen molar-refractivity contribution in [1.82, 2.24) is 4.90 Å². The molecule has 0 radical (unpaired) electrons. The smallest absolute Gasteiger partial charge is 0.232 e. The average Bonchev–Trinajstić information content (AvgIpc) is 3.04. The van der Waals surface area contributed by atoms with E-state index in [4.69, 9.17) is 0 Å². The molecule has 2 aliphatic rings. The number of likely N-dealkylation sites (tertiary alicyclic amines) is 1. The van der Waals surface area contributed by atoms with Crippen LogP contribution < -0.4 is 4.90 Å². The van der Waals surface area contributed by atoms with Crippen LogP contribution in [0.3, 0.4) is 0 Å². The second-order valence-corrected chi connectivity index (χ2v) is 6.48. The highest BCUT2D eigenvalue weighted by Crippen LogP contribution is 2.34. The zero-order chi connectivity index (χ0) is 15.7. The molecule has 2 aliphatic heterocycles. The van der Waals surface area contributed by atoms with Gasteiger partial charge in [-0.1, -0.05) is 31.5 Å². The Morgan fingerprint density at radius 3 is 2.82 bits per heavy atom. The van der Waals surface area contributed by atoms with Crippen molar-refractivity contribution in [3.8, 4) is 0 Å². The highest BCUT2D eigenvalue weighted by Gasteiger charge is 2.40. The fraction of sp³-hybridized carbons (Fsp3) is 0.556. The molecule has 22 heavy (non-hydrogen) atoms. The third-order valence-corrected chi connectivity index (χ3v) is 4.79. The molecular formula is C18H24N2O2. The Balaban J connectivity index is 1.74. The SMILES string of the molecule is CCCCN1CC(C(=O)N2c3ccccc3CC2C)CC1=O. The Morgan fingerprint density at radius 2 is 2.05 bits per heavy atom. The van der Waals surface area contributed by atoms with E-state index < -0.39 is 0 Å². The third kappa shape index (κ3) is 2.62. The molecule has 4 heteroatoms. The third-order valence-electron chi connectivity index (χ3n) is 4.79. The molecule has 2 atom stereocenters. The largest absolute Gasteiger partial charge is 0.342 e. The molecule has 1 saturated heterocycles. The summed E-state index contributed by atoms with van der Waals surface area (Å²) in [5.41, 5.74) is 2.26. The molecule has 118 valence electrons. The van der Waals surface area contributed by atoms with Crippen LogP contribution in [0.25, 0.3) is 0 Å². The van der Waals surface area contributed by atoms with Crippen molar-refractivity contribution in [2.45, 2.75) is 45.6 Å². The lowest BCUT2D eigenvalue weighted by molar-refractivity contribution is -0.128. The van der Waals surface area contributed by atoms with E-state index >= 15 is 0 Å². The number of para-hydroxylation sites is 1. The van der Waals surface area contributed by atoms with Crippen molar-refractivity contribution in [2.75, 3.05) is 18.0 Å². The van der Waals surface area contributed by atoms with Gasteiger partial charge in [-0.3, -0.25) is 9.59 Å². The molecule has 2 amide bonds. The summed E-state index contributed by atoms with van der Waals surface area (Å²) in [6.45, 7) is 5.57. The standard InChI is InChI=1S/C18H24N2O2/c1-3-4-9-19-12-15(11-17(19)21)18(22)20-13(2)10-14-7-5-6-8-16(14)20/h5-8,13,15H,3-4,9-12H2,1-2H3. The number of amides is 2. The molecule has 1 aromatic rings. The number of carbonyl (C=O) groups excluding carboxylic acids is 2. The van der Waals surface area contributed by atoms with Gasteiger partial charge in [0, 0.05) is 31.2 Å². The topological polar surface area (TPSA) is 40.6 Å². The van der Waals surface area contributed by atoms with Crippen molar-refractivity contribution >= 4 is 17.5 Å². The van der Waals surface area contributed by atoms with E-state index in [2.05, 4.69) is 19.9 Å². The summed E-state index contributed by atoms with van der Waals surface area (Å²) in [5.74, 6) is 0.0645. The minimum Gasteiger partial charge on any atom is -0.342 e. The van der Waals surface area contributed by atoms with Crippen LogP contribution in [0.5, 0.6) is 0 Å². The number of carbonyl (C=O) groups is 2. The molecule has 0 spiro atoms. The van der Waals surface area contributed by atoms with Crippen LogP contribution in [0.1, 0.15) is 38.7 Å². The second kappa shape index (κ2) is 6.11. The van der Waals surface area contributed by atoms with Crippen molar-refractivity contribution < 1.29 is 9.59 Å². The van der Waals surface area contributed by atoms with Crippen LogP contribution >= 0.6 is 0 Å².